The van der Waals surface area contributed by atoms with Crippen molar-refractivity contribution in [2.24, 2.45) is 23.0 Å². The summed E-state index contributed by atoms with van der Waals surface area (Å²) in [4.78, 5) is 0. The smallest absolute Gasteiger partial charge is 0.124 e. The van der Waals surface area contributed by atoms with E-state index < -0.39 is 0 Å². The Morgan fingerprint density at radius 3 is 2.59 bits per heavy atom. The molecule has 2 saturated carbocycles. The summed E-state index contributed by atoms with van der Waals surface area (Å²) in [5.41, 5.74) is 7.28. The van der Waals surface area contributed by atoms with Crippen LogP contribution < -0.4 is 5.73 Å². The van der Waals surface area contributed by atoms with Crippen molar-refractivity contribution in [3.63, 3.8) is 0 Å². The van der Waals surface area contributed by atoms with E-state index in [4.69, 9.17) is 5.73 Å². The molecule has 2 atom stereocenters. The van der Waals surface area contributed by atoms with Crippen molar-refractivity contribution >= 4 is 15.9 Å². The van der Waals surface area contributed by atoms with Crippen molar-refractivity contribution in [3.8, 4) is 0 Å². The maximum absolute atomic E-state index is 13.4. The molecule has 0 heterocycles. The molecular formula is C14H17BrFN. The van der Waals surface area contributed by atoms with E-state index in [1.165, 1.54) is 25.3 Å². The van der Waals surface area contributed by atoms with Gasteiger partial charge in [0.1, 0.15) is 5.82 Å². The number of hydrogen-bond acceptors (Lipinski definition) is 1. The third kappa shape index (κ3) is 2.27. The number of nitrogens with two attached hydrogens (primary N) is 1. The quantitative estimate of drug-likeness (QED) is 0.908. The predicted molar refractivity (Wildman–Crippen MR) is 70.1 cm³/mol. The number of fused-ring (bicyclic) bond motifs is 1. The van der Waals surface area contributed by atoms with Crippen LogP contribution in [0.4, 0.5) is 4.39 Å². The van der Waals surface area contributed by atoms with Crippen molar-refractivity contribution in [3.05, 3.63) is 34.1 Å². The molecule has 2 fully saturated rings. The van der Waals surface area contributed by atoms with Gasteiger partial charge in [-0.1, -0.05) is 15.9 Å². The lowest BCUT2D eigenvalue weighted by Crippen LogP contribution is -2.31. The highest BCUT2D eigenvalue weighted by molar-refractivity contribution is 9.10. The van der Waals surface area contributed by atoms with Crippen LogP contribution in [0.15, 0.2) is 22.7 Å². The molecule has 92 valence electrons. The molecule has 2 aliphatic rings. The summed E-state index contributed by atoms with van der Waals surface area (Å²) in [7, 11) is 0. The van der Waals surface area contributed by atoms with E-state index in [-0.39, 0.29) is 11.2 Å². The van der Waals surface area contributed by atoms with Crippen molar-refractivity contribution in [1.82, 2.24) is 0 Å². The Morgan fingerprint density at radius 2 is 2.00 bits per heavy atom. The maximum Gasteiger partial charge on any atom is 0.124 e. The highest BCUT2D eigenvalue weighted by Crippen LogP contribution is 2.60. The van der Waals surface area contributed by atoms with Crippen molar-refractivity contribution < 1.29 is 4.39 Å². The van der Waals surface area contributed by atoms with Crippen LogP contribution in [0, 0.1) is 23.1 Å². The van der Waals surface area contributed by atoms with Crippen LogP contribution >= 0.6 is 15.9 Å². The van der Waals surface area contributed by atoms with Gasteiger partial charge in [-0.25, -0.2) is 4.39 Å². The van der Waals surface area contributed by atoms with Crippen LogP contribution in [0.5, 0.6) is 0 Å². The van der Waals surface area contributed by atoms with Crippen molar-refractivity contribution in [1.29, 1.82) is 0 Å². The number of halogens is 2. The Morgan fingerprint density at radius 1 is 1.29 bits per heavy atom. The normalized spacial score (nSPS) is 34.8. The monoisotopic (exact) mass is 297 g/mol. The first-order chi connectivity index (χ1) is 8.10. The fraction of sp³-hybridized carbons (Fsp3) is 0.571. The van der Waals surface area contributed by atoms with E-state index in [1.54, 1.807) is 6.07 Å². The van der Waals surface area contributed by atoms with Gasteiger partial charge in [0.15, 0.2) is 0 Å². The number of benzene rings is 1. The summed E-state index contributed by atoms with van der Waals surface area (Å²) in [5, 5.41) is 0. The average Bonchev–Trinajstić information content (AvgIpc) is 2.85. The van der Waals surface area contributed by atoms with Crippen LogP contribution in [0.3, 0.4) is 0 Å². The average molecular weight is 298 g/mol. The van der Waals surface area contributed by atoms with Crippen molar-refractivity contribution in [2.75, 3.05) is 6.54 Å². The van der Waals surface area contributed by atoms with Gasteiger partial charge in [-0.3, -0.25) is 0 Å². The Kier molecular flexibility index (Phi) is 2.79. The highest BCUT2D eigenvalue weighted by atomic mass is 79.9. The molecule has 1 aromatic rings. The number of hydrogen-bond donors (Lipinski definition) is 1. The van der Waals surface area contributed by atoms with E-state index in [0.717, 1.165) is 34.8 Å². The molecule has 0 saturated heterocycles. The number of rotatable bonds is 3. The molecule has 0 radical (unpaired) electrons. The van der Waals surface area contributed by atoms with Gasteiger partial charge in [0.25, 0.3) is 0 Å². The zero-order chi connectivity index (χ0) is 12.0. The summed E-state index contributed by atoms with van der Waals surface area (Å²) >= 11 is 3.35. The second-order valence-electron chi connectivity index (χ2n) is 5.82. The van der Waals surface area contributed by atoms with Crippen LogP contribution in [-0.2, 0) is 6.42 Å². The molecule has 0 aromatic heterocycles. The molecule has 2 unspecified atom stereocenters. The molecule has 2 aliphatic carbocycles. The first-order valence-electron chi connectivity index (χ1n) is 6.25. The topological polar surface area (TPSA) is 26.0 Å². The zero-order valence-corrected chi connectivity index (χ0v) is 11.3. The Balaban J connectivity index is 1.80. The molecule has 2 N–H and O–H groups in total. The predicted octanol–water partition coefficient (Wildman–Crippen LogP) is 3.51. The minimum Gasteiger partial charge on any atom is -0.330 e. The van der Waals surface area contributed by atoms with Gasteiger partial charge < -0.3 is 5.73 Å². The van der Waals surface area contributed by atoms with Crippen molar-refractivity contribution in [2.45, 2.75) is 25.7 Å². The lowest BCUT2D eigenvalue weighted by atomic mass is 9.77. The third-order valence-electron chi connectivity index (χ3n) is 4.39. The molecule has 3 rings (SSSR count). The molecule has 0 spiro atoms. The Bertz CT molecular complexity index is 416. The molecule has 0 aliphatic heterocycles. The van der Waals surface area contributed by atoms with Gasteiger partial charge in [-0.05, 0) is 73.2 Å². The summed E-state index contributed by atoms with van der Waals surface area (Å²) in [6.45, 7) is 0.730. The minimum absolute atomic E-state index is 0.162. The largest absolute Gasteiger partial charge is 0.330 e. The fourth-order valence-electron chi connectivity index (χ4n) is 3.54. The molecule has 3 heteroatoms. The summed E-state index contributed by atoms with van der Waals surface area (Å²) < 4.78 is 14.2. The lowest BCUT2D eigenvalue weighted by molar-refractivity contribution is 0.272. The van der Waals surface area contributed by atoms with Gasteiger partial charge in [0, 0.05) is 4.47 Å². The van der Waals surface area contributed by atoms with E-state index in [9.17, 15) is 4.39 Å². The van der Waals surface area contributed by atoms with Gasteiger partial charge in [-0.15, -0.1) is 0 Å². The molecule has 0 amide bonds. The molecular weight excluding hydrogens is 281 g/mol. The summed E-state index contributed by atoms with van der Waals surface area (Å²) in [6.07, 6.45) is 4.80. The molecule has 17 heavy (non-hydrogen) atoms. The van der Waals surface area contributed by atoms with Gasteiger partial charge in [-0.2, -0.15) is 0 Å². The lowest BCUT2D eigenvalue weighted by Gasteiger charge is -2.29. The van der Waals surface area contributed by atoms with E-state index in [2.05, 4.69) is 15.9 Å². The van der Waals surface area contributed by atoms with Crippen LogP contribution in [0.25, 0.3) is 0 Å². The summed E-state index contributed by atoms with van der Waals surface area (Å²) in [6, 6.07) is 5.17. The maximum atomic E-state index is 13.4. The summed E-state index contributed by atoms with van der Waals surface area (Å²) in [5.74, 6) is 1.66. The third-order valence-corrected chi connectivity index (χ3v) is 4.85. The first-order valence-corrected chi connectivity index (χ1v) is 7.05. The van der Waals surface area contributed by atoms with E-state index in [1.807, 2.05) is 6.07 Å². The standard InChI is InChI=1S/C14H17BrFN/c15-12-1-9(2-13(16)4-12)5-14(8-17)6-10-3-11(10)7-14/h1-2,4,10-11H,3,5-8,17H2. The van der Waals surface area contributed by atoms with Crippen LogP contribution in [-0.4, -0.2) is 6.54 Å². The van der Waals surface area contributed by atoms with E-state index >= 15 is 0 Å². The fourth-order valence-corrected chi connectivity index (χ4v) is 4.05. The van der Waals surface area contributed by atoms with Gasteiger partial charge in [0.05, 0.1) is 0 Å². The molecule has 1 nitrogen and oxygen atoms in total. The molecule has 0 bridgehead atoms. The first kappa shape index (κ1) is 11.7. The second-order valence-corrected chi connectivity index (χ2v) is 6.74. The van der Waals surface area contributed by atoms with E-state index in [0.29, 0.717) is 0 Å². The molecule has 1 aromatic carbocycles. The Labute approximate surface area is 110 Å². The minimum atomic E-state index is -0.162. The van der Waals surface area contributed by atoms with Crippen LogP contribution in [0.2, 0.25) is 0 Å². The van der Waals surface area contributed by atoms with Gasteiger partial charge >= 0.3 is 0 Å². The zero-order valence-electron chi connectivity index (χ0n) is 9.76. The highest BCUT2D eigenvalue weighted by Gasteiger charge is 2.52. The SMILES string of the molecule is NCC1(Cc2cc(F)cc(Br)c2)CC2CC2C1. The van der Waals surface area contributed by atoms with Crippen LogP contribution in [0.1, 0.15) is 24.8 Å². The second kappa shape index (κ2) is 4.06. The van der Waals surface area contributed by atoms with Gasteiger partial charge in [0.2, 0.25) is 0 Å². The Hall–Kier alpha value is -0.410.